The lowest BCUT2D eigenvalue weighted by Crippen LogP contribution is -2.43. The lowest BCUT2D eigenvalue weighted by atomic mass is 9.91. The Balaban J connectivity index is 1.74. The molecule has 1 fully saturated rings. The zero-order valence-corrected chi connectivity index (χ0v) is 15.9. The van der Waals surface area contributed by atoms with Crippen molar-refractivity contribution < 1.29 is 4.79 Å². The van der Waals surface area contributed by atoms with Gasteiger partial charge in [0.2, 0.25) is 0 Å². The minimum absolute atomic E-state index is 0.0311. The minimum atomic E-state index is -0.213. The molecule has 7 heteroatoms. The third kappa shape index (κ3) is 3.39. The van der Waals surface area contributed by atoms with Crippen LogP contribution < -0.4 is 21.7 Å². The average molecular weight is 376 g/mol. The van der Waals surface area contributed by atoms with E-state index in [-0.39, 0.29) is 18.0 Å². The van der Waals surface area contributed by atoms with Crippen LogP contribution in [0.5, 0.6) is 0 Å². The van der Waals surface area contributed by atoms with E-state index in [1.165, 1.54) is 0 Å². The number of aryl methyl sites for hydroxylation is 1. The molecule has 1 amide bonds. The number of rotatable bonds is 4. The van der Waals surface area contributed by atoms with Gasteiger partial charge in [-0.05, 0) is 31.9 Å². The first-order valence-corrected chi connectivity index (χ1v) is 9.68. The predicted octanol–water partition coefficient (Wildman–Crippen LogP) is 2.93. The van der Waals surface area contributed by atoms with E-state index in [0.29, 0.717) is 34.9 Å². The Hall–Kier alpha value is -3.11. The number of anilines is 3. The third-order valence-corrected chi connectivity index (χ3v) is 5.52. The fraction of sp³-hybridized carbons (Fsp3) is 0.381. The summed E-state index contributed by atoms with van der Waals surface area (Å²) in [6.07, 6.45) is 4.13. The molecule has 2 aliphatic rings. The first-order valence-electron chi connectivity index (χ1n) is 9.68. The minimum Gasteiger partial charge on any atom is -0.365 e. The first-order chi connectivity index (χ1) is 13.6. The number of carbonyl (C=O) groups is 1. The van der Waals surface area contributed by atoms with Crippen molar-refractivity contribution in [1.82, 2.24) is 10.3 Å². The topological polar surface area (TPSA) is 116 Å². The normalized spacial score (nSPS) is 20.8. The first kappa shape index (κ1) is 18.3. The Kier molecular flexibility index (Phi) is 4.88. The van der Waals surface area contributed by atoms with Crippen molar-refractivity contribution in [1.29, 1.82) is 5.26 Å². The summed E-state index contributed by atoms with van der Waals surface area (Å²) in [5, 5.41) is 19.2. The van der Waals surface area contributed by atoms with E-state index in [1.807, 2.05) is 31.2 Å². The highest BCUT2D eigenvalue weighted by atomic mass is 16.1. The summed E-state index contributed by atoms with van der Waals surface area (Å²) in [6.45, 7) is 2.35. The number of carbonyl (C=O) groups excluding carboxylic acids is 1. The maximum Gasteiger partial charge on any atom is 0.255 e. The largest absolute Gasteiger partial charge is 0.365 e. The molecular formula is C21H24N6O. The predicted molar refractivity (Wildman–Crippen MR) is 108 cm³/mol. The summed E-state index contributed by atoms with van der Waals surface area (Å²) in [5.41, 5.74) is 9.80. The van der Waals surface area contributed by atoms with Gasteiger partial charge in [-0.3, -0.25) is 4.79 Å². The molecule has 4 rings (SSSR count). The Morgan fingerprint density at radius 3 is 2.68 bits per heavy atom. The van der Waals surface area contributed by atoms with E-state index in [2.05, 4.69) is 27.0 Å². The van der Waals surface area contributed by atoms with E-state index < -0.39 is 0 Å². The maximum absolute atomic E-state index is 12.4. The number of hydrogen-bond acceptors (Lipinski definition) is 6. The van der Waals surface area contributed by atoms with E-state index in [0.717, 1.165) is 36.9 Å². The quantitative estimate of drug-likeness (QED) is 0.652. The highest BCUT2D eigenvalue weighted by molar-refractivity contribution is 6.04. The SMILES string of the molecule is Cc1ccc(Nc2nc(N[C@@H]3CCCC[C@@H]3N)c(C#N)c3c2C(=O)NC3)cc1. The van der Waals surface area contributed by atoms with Crippen molar-refractivity contribution in [3.05, 3.63) is 46.5 Å². The lowest BCUT2D eigenvalue weighted by molar-refractivity contribution is 0.0966. The molecule has 0 radical (unpaired) electrons. The van der Waals surface area contributed by atoms with Gasteiger partial charge in [0, 0.05) is 29.9 Å². The van der Waals surface area contributed by atoms with Crippen LogP contribution in [-0.4, -0.2) is 23.0 Å². The van der Waals surface area contributed by atoms with Crippen LogP contribution >= 0.6 is 0 Å². The second-order valence-electron chi connectivity index (χ2n) is 7.52. The van der Waals surface area contributed by atoms with Crippen LogP contribution in [0.25, 0.3) is 0 Å². The number of hydrogen-bond donors (Lipinski definition) is 4. The Bertz CT molecular complexity index is 947. The average Bonchev–Trinajstić information content (AvgIpc) is 3.07. The van der Waals surface area contributed by atoms with Gasteiger partial charge in [0.15, 0.2) is 0 Å². The van der Waals surface area contributed by atoms with Crippen LogP contribution in [0, 0.1) is 18.3 Å². The molecule has 1 aliphatic heterocycles. The van der Waals surface area contributed by atoms with Crippen molar-refractivity contribution in [2.24, 2.45) is 5.73 Å². The molecule has 1 aromatic carbocycles. The molecule has 0 saturated heterocycles. The number of fused-ring (bicyclic) bond motifs is 1. The fourth-order valence-corrected chi connectivity index (χ4v) is 3.92. The molecule has 0 bridgehead atoms. The van der Waals surface area contributed by atoms with E-state index >= 15 is 0 Å². The molecule has 1 saturated carbocycles. The highest BCUT2D eigenvalue weighted by Crippen LogP contribution is 2.33. The zero-order valence-electron chi connectivity index (χ0n) is 15.9. The maximum atomic E-state index is 12.4. The van der Waals surface area contributed by atoms with E-state index in [9.17, 15) is 10.1 Å². The summed E-state index contributed by atoms with van der Waals surface area (Å²) in [4.78, 5) is 17.1. The number of nitriles is 1. The zero-order chi connectivity index (χ0) is 19.7. The van der Waals surface area contributed by atoms with Gasteiger partial charge in [0.1, 0.15) is 23.3 Å². The van der Waals surface area contributed by atoms with Gasteiger partial charge in [0.25, 0.3) is 5.91 Å². The molecule has 5 N–H and O–H groups in total. The summed E-state index contributed by atoms with van der Waals surface area (Å²) in [6, 6.07) is 10.2. The lowest BCUT2D eigenvalue weighted by Gasteiger charge is -2.30. The summed E-state index contributed by atoms with van der Waals surface area (Å²) >= 11 is 0. The number of nitrogens with one attached hydrogen (secondary N) is 3. The van der Waals surface area contributed by atoms with Gasteiger partial charge in [-0.1, -0.05) is 30.5 Å². The number of nitrogens with zero attached hydrogens (tertiary/aromatic N) is 2. The van der Waals surface area contributed by atoms with E-state index in [1.54, 1.807) is 0 Å². The second kappa shape index (κ2) is 7.49. The molecule has 1 aromatic heterocycles. The van der Waals surface area contributed by atoms with Crippen LogP contribution in [-0.2, 0) is 6.54 Å². The van der Waals surface area contributed by atoms with Gasteiger partial charge in [-0.25, -0.2) is 4.98 Å². The number of pyridine rings is 1. The van der Waals surface area contributed by atoms with Crippen LogP contribution in [0.1, 0.15) is 52.7 Å². The van der Waals surface area contributed by atoms with Gasteiger partial charge < -0.3 is 21.7 Å². The number of nitrogens with two attached hydrogens (primary N) is 1. The van der Waals surface area contributed by atoms with Crippen molar-refractivity contribution in [3.8, 4) is 6.07 Å². The van der Waals surface area contributed by atoms with Crippen LogP contribution in [0.3, 0.4) is 0 Å². The smallest absolute Gasteiger partial charge is 0.255 e. The number of amides is 1. The molecule has 2 atom stereocenters. The Morgan fingerprint density at radius 1 is 1.21 bits per heavy atom. The molecule has 7 nitrogen and oxygen atoms in total. The fourth-order valence-electron chi connectivity index (χ4n) is 3.92. The van der Waals surface area contributed by atoms with Gasteiger partial charge in [-0.15, -0.1) is 0 Å². The molecule has 0 unspecified atom stereocenters. The van der Waals surface area contributed by atoms with Crippen molar-refractivity contribution >= 4 is 23.2 Å². The number of aromatic nitrogens is 1. The summed E-state index contributed by atoms with van der Waals surface area (Å²) in [7, 11) is 0. The Labute approximate surface area is 164 Å². The third-order valence-electron chi connectivity index (χ3n) is 5.52. The summed E-state index contributed by atoms with van der Waals surface area (Å²) in [5.74, 6) is 0.740. The van der Waals surface area contributed by atoms with Crippen LogP contribution in [0.15, 0.2) is 24.3 Å². The standard InChI is InChI=1S/C21H24N6O/c1-12-6-8-13(9-7-12)25-20-18-15(11-24-21(18)28)14(10-22)19(27-20)26-17-5-3-2-4-16(17)23/h6-9,16-17H,2-5,11,23H2,1H3,(H,24,28)(H2,25,26,27)/t16-,17+/m0/s1. The highest BCUT2D eigenvalue weighted by Gasteiger charge is 2.31. The van der Waals surface area contributed by atoms with Crippen LogP contribution in [0.4, 0.5) is 17.3 Å². The Morgan fingerprint density at radius 2 is 1.96 bits per heavy atom. The molecule has 144 valence electrons. The number of benzene rings is 1. The van der Waals surface area contributed by atoms with E-state index in [4.69, 9.17) is 5.73 Å². The van der Waals surface area contributed by atoms with Crippen molar-refractivity contribution in [3.63, 3.8) is 0 Å². The molecule has 2 heterocycles. The van der Waals surface area contributed by atoms with Gasteiger partial charge >= 0.3 is 0 Å². The van der Waals surface area contributed by atoms with Gasteiger partial charge in [0.05, 0.1) is 5.56 Å². The van der Waals surface area contributed by atoms with Crippen molar-refractivity contribution in [2.75, 3.05) is 10.6 Å². The molecule has 28 heavy (non-hydrogen) atoms. The van der Waals surface area contributed by atoms with Gasteiger partial charge in [-0.2, -0.15) is 5.26 Å². The van der Waals surface area contributed by atoms with Crippen molar-refractivity contribution in [2.45, 2.75) is 51.2 Å². The monoisotopic (exact) mass is 376 g/mol. The summed E-state index contributed by atoms with van der Waals surface area (Å²) < 4.78 is 0. The molecule has 1 aliphatic carbocycles. The molecular weight excluding hydrogens is 352 g/mol. The van der Waals surface area contributed by atoms with Crippen LogP contribution in [0.2, 0.25) is 0 Å². The molecule has 0 spiro atoms. The second-order valence-corrected chi connectivity index (χ2v) is 7.52. The molecule has 2 aromatic rings.